The van der Waals surface area contributed by atoms with Crippen LogP contribution < -0.4 is 15.1 Å². The Balaban J connectivity index is 1.35. The van der Waals surface area contributed by atoms with E-state index in [4.69, 9.17) is 9.47 Å². The number of aromatic nitrogens is 1. The van der Waals surface area contributed by atoms with Crippen molar-refractivity contribution in [3.8, 4) is 0 Å². The molecule has 2 aliphatic heterocycles. The number of methoxy groups -OCH3 is 1. The van der Waals surface area contributed by atoms with E-state index < -0.39 is 0 Å². The highest BCUT2D eigenvalue weighted by Gasteiger charge is 2.37. The van der Waals surface area contributed by atoms with Gasteiger partial charge in [-0.05, 0) is 69.2 Å². The van der Waals surface area contributed by atoms with Crippen LogP contribution in [0.25, 0.3) is 0 Å². The molecule has 1 saturated heterocycles. The van der Waals surface area contributed by atoms with E-state index in [1.165, 1.54) is 18.5 Å². The van der Waals surface area contributed by atoms with Crippen LogP contribution in [-0.4, -0.2) is 49.4 Å². The van der Waals surface area contributed by atoms with Gasteiger partial charge in [-0.15, -0.1) is 0 Å². The fraction of sp³-hybridized carbons (Fsp3) is 0.556. The molecule has 0 spiro atoms. The lowest BCUT2D eigenvalue weighted by molar-refractivity contribution is -0.124. The van der Waals surface area contributed by atoms with Gasteiger partial charge in [-0.1, -0.05) is 6.07 Å². The first-order valence-electron chi connectivity index (χ1n) is 12.8. The highest BCUT2D eigenvalue weighted by atomic mass is 16.5. The molecule has 1 aromatic carbocycles. The van der Waals surface area contributed by atoms with Crippen molar-refractivity contribution < 1.29 is 14.3 Å². The molecule has 34 heavy (non-hydrogen) atoms. The molecule has 1 unspecified atom stereocenters. The van der Waals surface area contributed by atoms with Crippen LogP contribution in [0.1, 0.15) is 50.5 Å². The molecule has 2 saturated carbocycles. The SMILES string of the molecule is CO[C@H]1CC[C@H](C(=O)N2Cc3cccnc3Nc3ccc(N4CCO[C@@H]5CCCC54)cc32)CC1. The van der Waals surface area contributed by atoms with Gasteiger partial charge >= 0.3 is 0 Å². The van der Waals surface area contributed by atoms with E-state index in [1.807, 2.05) is 11.0 Å². The Morgan fingerprint density at radius 1 is 1.15 bits per heavy atom. The van der Waals surface area contributed by atoms with Crippen molar-refractivity contribution in [2.75, 3.05) is 35.4 Å². The molecule has 180 valence electrons. The molecule has 7 nitrogen and oxygen atoms in total. The number of nitrogens with one attached hydrogen (secondary N) is 1. The van der Waals surface area contributed by atoms with Gasteiger partial charge in [0.1, 0.15) is 5.82 Å². The summed E-state index contributed by atoms with van der Waals surface area (Å²) in [6.07, 6.45) is 9.58. The average Bonchev–Trinajstić information content (AvgIpc) is 3.31. The van der Waals surface area contributed by atoms with Crippen molar-refractivity contribution >= 4 is 28.8 Å². The van der Waals surface area contributed by atoms with E-state index >= 15 is 0 Å². The maximum absolute atomic E-state index is 13.9. The lowest BCUT2D eigenvalue weighted by atomic mass is 9.86. The molecule has 0 bridgehead atoms. The van der Waals surface area contributed by atoms with Gasteiger partial charge in [-0.3, -0.25) is 4.79 Å². The molecule has 1 aromatic heterocycles. The van der Waals surface area contributed by atoms with Crippen molar-refractivity contribution in [2.24, 2.45) is 5.92 Å². The second-order valence-corrected chi connectivity index (χ2v) is 10.1. The summed E-state index contributed by atoms with van der Waals surface area (Å²) in [5.41, 5.74) is 4.12. The number of ether oxygens (including phenoxy) is 2. The minimum Gasteiger partial charge on any atom is -0.381 e. The second-order valence-electron chi connectivity index (χ2n) is 10.1. The summed E-state index contributed by atoms with van der Waals surface area (Å²) in [5.74, 6) is 1.08. The van der Waals surface area contributed by atoms with Crippen LogP contribution in [0.3, 0.4) is 0 Å². The maximum Gasteiger partial charge on any atom is 0.230 e. The van der Waals surface area contributed by atoms with Gasteiger partial charge in [0.25, 0.3) is 0 Å². The number of amides is 1. The maximum atomic E-state index is 13.9. The zero-order valence-electron chi connectivity index (χ0n) is 19.9. The number of anilines is 4. The van der Waals surface area contributed by atoms with E-state index in [-0.39, 0.29) is 17.9 Å². The van der Waals surface area contributed by atoms with Gasteiger partial charge in [0.2, 0.25) is 5.91 Å². The Kier molecular flexibility index (Phi) is 5.91. The third-order valence-electron chi connectivity index (χ3n) is 8.18. The standard InChI is InChI=1S/C27H34N4O3/c1-33-21-10-7-18(8-11-21)27(32)31-17-19-4-3-13-28-26(19)29-22-12-9-20(16-24(22)31)30-14-15-34-25-6-2-5-23(25)30/h3-4,9,12-13,16,18,21,23,25H,2,5-8,10-11,14-15,17H2,1H3,(H,28,29)/t18-,21-,23?,25-/m1/s1. The fourth-order valence-electron chi connectivity index (χ4n) is 6.30. The number of carbonyl (C=O) groups excluding carboxylic acids is 1. The van der Waals surface area contributed by atoms with Crippen LogP contribution in [0.5, 0.6) is 0 Å². The van der Waals surface area contributed by atoms with E-state index in [9.17, 15) is 4.79 Å². The number of nitrogens with zero attached hydrogens (tertiary/aromatic N) is 3. The summed E-state index contributed by atoms with van der Waals surface area (Å²) in [7, 11) is 1.77. The number of carbonyl (C=O) groups is 1. The number of benzene rings is 1. The van der Waals surface area contributed by atoms with Crippen molar-refractivity contribution in [1.29, 1.82) is 0 Å². The molecule has 6 rings (SSSR count). The van der Waals surface area contributed by atoms with Crippen molar-refractivity contribution in [3.05, 3.63) is 42.1 Å². The highest BCUT2D eigenvalue weighted by Crippen LogP contribution is 2.41. The fourth-order valence-corrected chi connectivity index (χ4v) is 6.30. The third-order valence-corrected chi connectivity index (χ3v) is 8.18. The zero-order chi connectivity index (χ0) is 23.1. The average molecular weight is 463 g/mol. The van der Waals surface area contributed by atoms with Gasteiger partial charge in [0, 0.05) is 37.0 Å². The molecule has 3 heterocycles. The quantitative estimate of drug-likeness (QED) is 0.717. The van der Waals surface area contributed by atoms with Crippen LogP contribution >= 0.6 is 0 Å². The molecule has 1 N–H and O–H groups in total. The predicted octanol–water partition coefficient (Wildman–Crippen LogP) is 4.63. The Hall–Kier alpha value is -2.64. The molecule has 2 aliphatic carbocycles. The Morgan fingerprint density at radius 3 is 2.88 bits per heavy atom. The predicted molar refractivity (Wildman–Crippen MR) is 133 cm³/mol. The van der Waals surface area contributed by atoms with E-state index in [0.717, 1.165) is 68.0 Å². The smallest absolute Gasteiger partial charge is 0.230 e. The molecule has 0 radical (unpaired) electrons. The molecule has 1 amide bonds. The molecule has 7 heteroatoms. The van der Waals surface area contributed by atoms with Gasteiger partial charge < -0.3 is 24.6 Å². The van der Waals surface area contributed by atoms with Gasteiger partial charge in [-0.2, -0.15) is 0 Å². The summed E-state index contributed by atoms with van der Waals surface area (Å²) in [5, 5.41) is 3.52. The minimum absolute atomic E-state index is 0.0312. The van der Waals surface area contributed by atoms with Gasteiger partial charge in [-0.25, -0.2) is 4.98 Å². The topological polar surface area (TPSA) is 66.9 Å². The van der Waals surface area contributed by atoms with Crippen LogP contribution in [0, 0.1) is 5.92 Å². The minimum atomic E-state index is 0.0312. The normalized spacial score (nSPS) is 28.4. The van der Waals surface area contributed by atoms with Crippen molar-refractivity contribution in [3.63, 3.8) is 0 Å². The van der Waals surface area contributed by atoms with Crippen LogP contribution in [0.15, 0.2) is 36.5 Å². The van der Waals surface area contributed by atoms with Crippen LogP contribution in [0.4, 0.5) is 22.9 Å². The number of pyridine rings is 1. The monoisotopic (exact) mass is 462 g/mol. The molecule has 4 aliphatic rings. The molecule has 2 aromatic rings. The number of morpholine rings is 1. The summed E-state index contributed by atoms with van der Waals surface area (Å²) < 4.78 is 11.6. The highest BCUT2D eigenvalue weighted by molar-refractivity contribution is 6.00. The third kappa shape index (κ3) is 3.95. The number of fused-ring (bicyclic) bond motifs is 3. The van der Waals surface area contributed by atoms with E-state index in [0.29, 0.717) is 18.7 Å². The molecular weight excluding hydrogens is 428 g/mol. The Bertz CT molecular complexity index is 1050. The Morgan fingerprint density at radius 2 is 2.03 bits per heavy atom. The first-order valence-corrected chi connectivity index (χ1v) is 12.8. The molecule has 3 fully saturated rings. The van der Waals surface area contributed by atoms with Crippen LogP contribution in [-0.2, 0) is 20.8 Å². The Labute approximate surface area is 201 Å². The van der Waals surface area contributed by atoms with Crippen LogP contribution in [0.2, 0.25) is 0 Å². The number of hydrogen-bond donors (Lipinski definition) is 1. The van der Waals surface area contributed by atoms with Gasteiger partial charge in [0.05, 0.1) is 42.8 Å². The molecule has 2 atom stereocenters. The van der Waals surface area contributed by atoms with Gasteiger partial charge in [0.15, 0.2) is 0 Å². The van der Waals surface area contributed by atoms with Crippen molar-refractivity contribution in [2.45, 2.75) is 69.7 Å². The summed E-state index contributed by atoms with van der Waals surface area (Å²) >= 11 is 0. The number of rotatable bonds is 3. The number of hydrogen-bond acceptors (Lipinski definition) is 6. The largest absolute Gasteiger partial charge is 0.381 e. The van der Waals surface area contributed by atoms with Crippen molar-refractivity contribution in [1.82, 2.24) is 4.98 Å². The second kappa shape index (κ2) is 9.19. The lowest BCUT2D eigenvalue weighted by Gasteiger charge is -2.40. The summed E-state index contributed by atoms with van der Waals surface area (Å²) in [4.78, 5) is 23.0. The summed E-state index contributed by atoms with van der Waals surface area (Å²) in [6.45, 7) is 2.19. The van der Waals surface area contributed by atoms with E-state index in [1.54, 1.807) is 13.3 Å². The lowest BCUT2D eigenvalue weighted by Crippen LogP contribution is -2.48. The first kappa shape index (κ1) is 21.9. The zero-order valence-corrected chi connectivity index (χ0v) is 19.9. The first-order chi connectivity index (χ1) is 16.7. The summed E-state index contributed by atoms with van der Waals surface area (Å²) in [6, 6.07) is 11.0. The van der Waals surface area contributed by atoms with E-state index in [2.05, 4.69) is 39.5 Å². The molecular formula is C27H34N4O3.